The third-order valence-electron chi connectivity index (χ3n) is 6.22. The van der Waals surface area contributed by atoms with Gasteiger partial charge in [0.25, 0.3) is 0 Å². The van der Waals surface area contributed by atoms with Gasteiger partial charge in [0.2, 0.25) is 5.91 Å². The van der Waals surface area contributed by atoms with Crippen LogP contribution in [0.15, 0.2) is 52.7 Å². The van der Waals surface area contributed by atoms with Crippen LogP contribution in [0.2, 0.25) is 0 Å². The molecule has 2 aliphatic rings. The Kier molecular flexibility index (Phi) is 5.50. The summed E-state index contributed by atoms with van der Waals surface area (Å²) in [6.45, 7) is 3.40. The van der Waals surface area contributed by atoms with Gasteiger partial charge < -0.3 is 4.90 Å². The number of carbonyl (C=O) groups excluding carboxylic acids is 1. The highest BCUT2D eigenvalue weighted by molar-refractivity contribution is 7.99. The van der Waals surface area contributed by atoms with Crippen molar-refractivity contribution in [3.05, 3.63) is 59.8 Å². The lowest BCUT2D eigenvalue weighted by Gasteiger charge is -2.41. The smallest absolute Gasteiger partial charge is 0.235 e. The Labute approximate surface area is 191 Å². The van der Waals surface area contributed by atoms with Crippen molar-refractivity contribution in [1.29, 1.82) is 0 Å². The molecule has 3 aromatic rings. The molecule has 1 aromatic heterocycles. The predicted molar refractivity (Wildman–Crippen MR) is 130 cm³/mol. The van der Waals surface area contributed by atoms with Gasteiger partial charge in [-0.3, -0.25) is 14.8 Å². The second-order valence-electron chi connectivity index (χ2n) is 8.39. The minimum atomic E-state index is -0.00143. The van der Waals surface area contributed by atoms with Crippen LogP contribution in [0.5, 0.6) is 0 Å². The molecule has 0 bridgehead atoms. The number of rotatable bonds is 6. The maximum atomic E-state index is 12.9. The van der Waals surface area contributed by atoms with Crippen molar-refractivity contribution in [3.8, 4) is 11.1 Å². The van der Waals surface area contributed by atoms with Crippen molar-refractivity contribution in [2.45, 2.75) is 29.9 Å². The molecule has 1 aliphatic heterocycles. The molecule has 2 heterocycles. The molecular weight excluding hydrogens is 424 g/mol. The first kappa shape index (κ1) is 20.5. The molecule has 160 valence electrons. The molecule has 5 rings (SSSR count). The number of aromatic nitrogens is 1. The lowest BCUT2D eigenvalue weighted by Crippen LogP contribution is -2.54. The van der Waals surface area contributed by atoms with Crippen molar-refractivity contribution in [2.75, 3.05) is 29.9 Å². The number of amides is 1. The first-order valence-electron chi connectivity index (χ1n) is 10.6. The largest absolute Gasteiger partial charge is 0.370 e. The lowest BCUT2D eigenvalue weighted by molar-refractivity contribution is -0.122. The Hall–Kier alpha value is -2.35. The average Bonchev–Trinajstić information content (AvgIpc) is 3.54. The van der Waals surface area contributed by atoms with E-state index >= 15 is 0 Å². The molecule has 0 atom stereocenters. The van der Waals surface area contributed by atoms with Crippen LogP contribution >= 0.6 is 23.3 Å². The average molecular weight is 451 g/mol. The molecule has 2 N–H and O–H groups in total. The zero-order valence-corrected chi connectivity index (χ0v) is 19.4. The van der Waals surface area contributed by atoms with Gasteiger partial charge in [-0.25, -0.2) is 4.98 Å². The van der Waals surface area contributed by atoms with Gasteiger partial charge in [0.1, 0.15) is 0 Å². The third kappa shape index (κ3) is 3.97. The third-order valence-corrected chi connectivity index (χ3v) is 8.30. The van der Waals surface area contributed by atoms with E-state index in [2.05, 4.69) is 58.4 Å². The zero-order chi connectivity index (χ0) is 21.5. The molecule has 2 aromatic carbocycles. The van der Waals surface area contributed by atoms with Gasteiger partial charge in [-0.2, -0.15) is 0 Å². The first-order valence-corrected chi connectivity index (χ1v) is 12.3. The monoisotopic (exact) mass is 450 g/mol. The Balaban J connectivity index is 1.23. The van der Waals surface area contributed by atoms with E-state index in [4.69, 9.17) is 5.14 Å². The normalized spacial score (nSPS) is 16.3. The van der Waals surface area contributed by atoms with E-state index in [1.165, 1.54) is 58.5 Å². The maximum absolute atomic E-state index is 12.9. The van der Waals surface area contributed by atoms with E-state index in [0.717, 1.165) is 28.9 Å². The topological polar surface area (TPSA) is 62.5 Å². The zero-order valence-electron chi connectivity index (χ0n) is 17.7. The summed E-state index contributed by atoms with van der Waals surface area (Å²) in [5, 5.41) is 6.39. The number of aryl methyl sites for hydroxylation is 1. The van der Waals surface area contributed by atoms with E-state index in [0.29, 0.717) is 5.13 Å². The van der Waals surface area contributed by atoms with Crippen molar-refractivity contribution in [3.63, 3.8) is 0 Å². The van der Waals surface area contributed by atoms with Crippen LogP contribution in [0.3, 0.4) is 0 Å². The van der Waals surface area contributed by atoms with Gasteiger partial charge in [0.05, 0.1) is 15.8 Å². The molecule has 2 fully saturated rings. The summed E-state index contributed by atoms with van der Waals surface area (Å²) < 4.78 is 0.952. The minimum absolute atomic E-state index is 0.00143. The highest BCUT2D eigenvalue weighted by Gasteiger charge is 2.36. The molecular formula is C24H26N4OS2. The quantitative estimate of drug-likeness (QED) is 0.532. The van der Waals surface area contributed by atoms with Crippen molar-refractivity contribution >= 4 is 40.0 Å². The second kappa shape index (κ2) is 8.30. The lowest BCUT2D eigenvalue weighted by atomic mass is 9.95. The molecule has 1 saturated heterocycles. The summed E-state index contributed by atoms with van der Waals surface area (Å²) >= 11 is 2.66. The fraction of sp³-hybridized carbons (Fsp3) is 0.333. The summed E-state index contributed by atoms with van der Waals surface area (Å²) in [6.07, 6.45) is 2.61. The van der Waals surface area contributed by atoms with Crippen molar-refractivity contribution in [1.82, 2.24) is 4.98 Å². The molecule has 0 unspecified atom stereocenters. The Morgan fingerprint density at radius 3 is 2.52 bits per heavy atom. The van der Waals surface area contributed by atoms with Gasteiger partial charge >= 0.3 is 0 Å². The SMILES string of the molecule is Cc1nc(N(C)C(=O)C2CN(c3ccc(-c4ccccc4C4CC4)cc3)C2)sc1SN. The van der Waals surface area contributed by atoms with Gasteiger partial charge in [-0.05, 0) is 66.5 Å². The van der Waals surface area contributed by atoms with Gasteiger partial charge in [0.15, 0.2) is 5.13 Å². The number of benzene rings is 2. The van der Waals surface area contributed by atoms with Crippen LogP contribution in [-0.2, 0) is 4.79 Å². The van der Waals surface area contributed by atoms with Gasteiger partial charge in [-0.15, -0.1) is 0 Å². The molecule has 1 aliphatic carbocycles. The summed E-state index contributed by atoms with van der Waals surface area (Å²) in [6, 6.07) is 17.5. The van der Waals surface area contributed by atoms with Crippen LogP contribution in [-0.4, -0.2) is 31.0 Å². The van der Waals surface area contributed by atoms with E-state index in [1.807, 2.05) is 6.92 Å². The fourth-order valence-electron chi connectivity index (χ4n) is 4.20. The van der Waals surface area contributed by atoms with Crippen molar-refractivity contribution in [2.24, 2.45) is 11.1 Å². The number of hydrogen-bond donors (Lipinski definition) is 1. The van der Waals surface area contributed by atoms with Gasteiger partial charge in [-0.1, -0.05) is 47.7 Å². The van der Waals surface area contributed by atoms with Crippen LogP contribution in [0.1, 0.15) is 30.0 Å². The number of hydrogen-bond acceptors (Lipinski definition) is 6. The number of thiazole rings is 1. The fourth-order valence-corrected chi connectivity index (χ4v) is 5.60. The summed E-state index contributed by atoms with van der Waals surface area (Å²) in [5.74, 6) is 0.850. The number of nitrogens with two attached hydrogens (primary N) is 1. The predicted octanol–water partition coefficient (Wildman–Crippen LogP) is 5.06. The minimum Gasteiger partial charge on any atom is -0.370 e. The summed E-state index contributed by atoms with van der Waals surface area (Å²) in [4.78, 5) is 21.3. The van der Waals surface area contributed by atoms with Gasteiger partial charge in [0, 0.05) is 25.8 Å². The van der Waals surface area contributed by atoms with Crippen molar-refractivity contribution < 1.29 is 4.79 Å². The van der Waals surface area contributed by atoms with Crippen LogP contribution in [0, 0.1) is 12.8 Å². The standard InChI is InChI=1S/C24H26N4OS2/c1-15-23(31-25)30-24(26-15)27(2)22(29)18-13-28(14-18)19-11-9-17(10-12-19)21-6-4-3-5-20(21)16-7-8-16/h3-6,9-12,16,18H,7-8,13-14,25H2,1-2H3. The van der Waals surface area contributed by atoms with E-state index in [-0.39, 0.29) is 11.8 Å². The summed E-state index contributed by atoms with van der Waals surface area (Å²) in [7, 11) is 1.81. The Morgan fingerprint density at radius 2 is 1.87 bits per heavy atom. The number of carbonyl (C=O) groups is 1. The highest BCUT2D eigenvalue weighted by atomic mass is 32.2. The Bertz CT molecular complexity index is 1100. The molecule has 1 amide bonds. The Morgan fingerprint density at radius 1 is 1.16 bits per heavy atom. The van der Waals surface area contributed by atoms with Crippen LogP contribution in [0.25, 0.3) is 11.1 Å². The molecule has 31 heavy (non-hydrogen) atoms. The van der Waals surface area contributed by atoms with E-state index in [9.17, 15) is 4.79 Å². The molecule has 1 saturated carbocycles. The first-order chi connectivity index (χ1) is 15.0. The molecule has 0 radical (unpaired) electrons. The van der Waals surface area contributed by atoms with Crippen LogP contribution < -0.4 is 14.9 Å². The molecule has 0 spiro atoms. The molecule has 5 nitrogen and oxygen atoms in total. The molecule has 7 heteroatoms. The maximum Gasteiger partial charge on any atom is 0.235 e. The van der Waals surface area contributed by atoms with Crippen LogP contribution in [0.4, 0.5) is 10.8 Å². The number of anilines is 2. The second-order valence-corrected chi connectivity index (χ2v) is 10.3. The highest BCUT2D eigenvalue weighted by Crippen LogP contribution is 2.44. The van der Waals surface area contributed by atoms with E-state index < -0.39 is 0 Å². The van der Waals surface area contributed by atoms with E-state index in [1.54, 1.807) is 11.9 Å². The number of nitrogens with zero attached hydrogens (tertiary/aromatic N) is 3. The summed E-state index contributed by atoms with van der Waals surface area (Å²) in [5.41, 5.74) is 6.15.